The molecule has 1 aliphatic rings. The van der Waals surface area contributed by atoms with Crippen LogP contribution >= 0.6 is 0 Å². The van der Waals surface area contributed by atoms with Gasteiger partial charge in [-0.25, -0.2) is 4.39 Å². The van der Waals surface area contributed by atoms with Crippen molar-refractivity contribution >= 4 is 28.5 Å². The lowest BCUT2D eigenvalue weighted by molar-refractivity contribution is -0.136. The van der Waals surface area contributed by atoms with E-state index in [1.807, 2.05) is 37.1 Å². The molecule has 37 heavy (non-hydrogen) atoms. The van der Waals surface area contributed by atoms with Crippen molar-refractivity contribution in [1.82, 2.24) is 4.57 Å². The van der Waals surface area contributed by atoms with E-state index in [0.717, 1.165) is 10.9 Å². The van der Waals surface area contributed by atoms with Crippen LogP contribution in [0.4, 0.5) is 10.1 Å². The molecule has 190 valence electrons. The fourth-order valence-corrected chi connectivity index (χ4v) is 4.84. The van der Waals surface area contributed by atoms with Gasteiger partial charge < -0.3 is 19.5 Å². The molecule has 0 amide bonds. The summed E-state index contributed by atoms with van der Waals surface area (Å²) < 4.78 is 27.0. The zero-order chi connectivity index (χ0) is 26.3. The van der Waals surface area contributed by atoms with Gasteiger partial charge >= 0.3 is 5.97 Å². The average molecular weight is 503 g/mol. The van der Waals surface area contributed by atoms with Crippen LogP contribution in [-0.2, 0) is 11.2 Å². The number of carbonyl (C=O) groups is 2. The van der Waals surface area contributed by atoms with Gasteiger partial charge in [0.25, 0.3) is 5.91 Å². The van der Waals surface area contributed by atoms with Gasteiger partial charge in [-0.3, -0.25) is 14.2 Å². The number of ether oxygens (including phenoxy) is 2. The summed E-state index contributed by atoms with van der Waals surface area (Å²) in [5, 5.41) is 10.2. The number of likely N-dealkylation sites (N-methyl/N-ethyl adjacent to an activating group) is 1. The average Bonchev–Trinajstić information content (AvgIpc) is 3.13. The molecule has 4 aromatic rings. The maximum atomic E-state index is 13.5. The molecular formula is C29H27FN2O5. The van der Waals surface area contributed by atoms with E-state index < -0.39 is 5.97 Å². The van der Waals surface area contributed by atoms with E-state index in [9.17, 15) is 19.1 Å². The summed E-state index contributed by atoms with van der Waals surface area (Å²) in [6.45, 7) is 4.54. The molecule has 1 atom stereocenters. The van der Waals surface area contributed by atoms with Crippen molar-refractivity contribution in [2.24, 2.45) is 0 Å². The van der Waals surface area contributed by atoms with Crippen LogP contribution in [-0.4, -0.2) is 47.9 Å². The molecule has 1 aromatic heterocycles. The Labute approximate surface area is 213 Å². The first kappa shape index (κ1) is 24.4. The molecule has 0 aliphatic carbocycles. The van der Waals surface area contributed by atoms with Crippen molar-refractivity contribution in [3.05, 3.63) is 88.9 Å². The third kappa shape index (κ3) is 4.74. The standard InChI is InChI=1S/C29H27FN2O5/c1-17-4-10-25-24(12-17)23(14-28(33)34)18(2)32(25)29(35)19-5-8-21(9-6-19)36-16-22-15-31(3)26-13-20(30)7-11-27(26)37-22/h4-13,22H,14-16H2,1-3H3,(H,33,34)/t22-/m0/s1. The smallest absolute Gasteiger partial charge is 0.307 e. The second kappa shape index (κ2) is 9.61. The van der Waals surface area contributed by atoms with E-state index in [1.54, 1.807) is 41.8 Å². The predicted molar refractivity (Wildman–Crippen MR) is 139 cm³/mol. The van der Waals surface area contributed by atoms with Crippen LogP contribution in [0, 0.1) is 19.7 Å². The van der Waals surface area contributed by atoms with Crippen molar-refractivity contribution in [2.45, 2.75) is 26.4 Å². The van der Waals surface area contributed by atoms with Gasteiger partial charge in [0.05, 0.1) is 24.2 Å². The fraction of sp³-hybridized carbons (Fsp3) is 0.241. The number of nitrogens with zero attached hydrogens (tertiary/aromatic N) is 2. The molecular weight excluding hydrogens is 475 g/mol. The first-order valence-electron chi connectivity index (χ1n) is 12.0. The van der Waals surface area contributed by atoms with Crippen molar-refractivity contribution < 1.29 is 28.6 Å². The van der Waals surface area contributed by atoms with Gasteiger partial charge in [0.1, 0.15) is 30.0 Å². The van der Waals surface area contributed by atoms with Gasteiger partial charge in [-0.15, -0.1) is 0 Å². The highest BCUT2D eigenvalue weighted by Gasteiger charge is 2.25. The van der Waals surface area contributed by atoms with Crippen molar-refractivity contribution in [1.29, 1.82) is 0 Å². The molecule has 0 unspecified atom stereocenters. The highest BCUT2D eigenvalue weighted by Crippen LogP contribution is 2.33. The van der Waals surface area contributed by atoms with E-state index in [-0.39, 0.29) is 30.9 Å². The molecule has 0 saturated carbocycles. The molecule has 2 heterocycles. The predicted octanol–water partition coefficient (Wildman–Crippen LogP) is 4.99. The summed E-state index contributed by atoms with van der Waals surface area (Å²) in [5.41, 5.74) is 4.10. The number of benzene rings is 3. The van der Waals surface area contributed by atoms with Gasteiger partial charge in [-0.05, 0) is 67.9 Å². The molecule has 0 radical (unpaired) electrons. The Kier molecular flexibility index (Phi) is 6.33. The summed E-state index contributed by atoms with van der Waals surface area (Å²) in [6.07, 6.45) is -0.397. The zero-order valence-corrected chi connectivity index (χ0v) is 20.8. The van der Waals surface area contributed by atoms with Crippen LogP contribution in [0.3, 0.4) is 0 Å². The minimum Gasteiger partial charge on any atom is -0.490 e. The van der Waals surface area contributed by atoms with Crippen LogP contribution in [0.2, 0.25) is 0 Å². The highest BCUT2D eigenvalue weighted by molar-refractivity contribution is 6.04. The monoisotopic (exact) mass is 502 g/mol. The quantitative estimate of drug-likeness (QED) is 0.400. The number of anilines is 1. The largest absolute Gasteiger partial charge is 0.490 e. The van der Waals surface area contributed by atoms with Crippen molar-refractivity contribution in [3.63, 3.8) is 0 Å². The van der Waals surface area contributed by atoms with Crippen LogP contribution in [0.25, 0.3) is 10.9 Å². The molecule has 1 aliphatic heterocycles. The lowest BCUT2D eigenvalue weighted by Gasteiger charge is -2.33. The zero-order valence-electron chi connectivity index (χ0n) is 20.8. The first-order valence-corrected chi connectivity index (χ1v) is 12.0. The van der Waals surface area contributed by atoms with Crippen LogP contribution in [0.15, 0.2) is 60.7 Å². The molecule has 1 N–H and O–H groups in total. The van der Waals surface area contributed by atoms with Crippen molar-refractivity contribution in [2.75, 3.05) is 25.1 Å². The number of hydrogen-bond donors (Lipinski definition) is 1. The number of aromatic nitrogens is 1. The Bertz CT molecular complexity index is 1510. The van der Waals surface area contributed by atoms with Gasteiger partial charge in [-0.1, -0.05) is 11.6 Å². The van der Waals surface area contributed by atoms with Crippen LogP contribution < -0.4 is 14.4 Å². The minimum atomic E-state index is -0.943. The lowest BCUT2D eigenvalue weighted by atomic mass is 10.1. The molecule has 0 spiro atoms. The number of aryl methyl sites for hydroxylation is 1. The second-order valence-electron chi connectivity index (χ2n) is 9.36. The number of carboxylic acids is 1. The Morgan fingerprint density at radius 2 is 1.84 bits per heavy atom. The number of hydrogen-bond acceptors (Lipinski definition) is 5. The lowest BCUT2D eigenvalue weighted by Crippen LogP contribution is -2.41. The number of fused-ring (bicyclic) bond motifs is 2. The van der Waals surface area contributed by atoms with E-state index in [2.05, 4.69) is 0 Å². The van der Waals surface area contributed by atoms with Crippen molar-refractivity contribution in [3.8, 4) is 11.5 Å². The maximum Gasteiger partial charge on any atom is 0.307 e. The van der Waals surface area contributed by atoms with E-state index >= 15 is 0 Å². The highest BCUT2D eigenvalue weighted by atomic mass is 19.1. The van der Waals surface area contributed by atoms with E-state index in [4.69, 9.17) is 9.47 Å². The molecule has 0 bridgehead atoms. The normalized spacial score (nSPS) is 14.8. The van der Waals surface area contributed by atoms with Gasteiger partial charge in [0.2, 0.25) is 0 Å². The molecule has 3 aromatic carbocycles. The Balaban J connectivity index is 1.32. The Hall–Kier alpha value is -4.33. The van der Waals surface area contributed by atoms with Gasteiger partial charge in [-0.2, -0.15) is 0 Å². The number of rotatable bonds is 6. The third-order valence-electron chi connectivity index (χ3n) is 6.66. The fourth-order valence-electron chi connectivity index (χ4n) is 4.84. The summed E-state index contributed by atoms with van der Waals surface area (Å²) in [7, 11) is 1.88. The number of halogens is 1. The summed E-state index contributed by atoms with van der Waals surface area (Å²) in [4.78, 5) is 26.9. The van der Waals surface area contributed by atoms with E-state index in [1.165, 1.54) is 12.1 Å². The second-order valence-corrected chi connectivity index (χ2v) is 9.36. The molecule has 7 nitrogen and oxygen atoms in total. The van der Waals surface area contributed by atoms with E-state index in [0.29, 0.717) is 46.1 Å². The van der Waals surface area contributed by atoms with Gasteiger partial charge in [0.15, 0.2) is 0 Å². The SMILES string of the molecule is Cc1ccc2c(c1)c(CC(=O)O)c(C)n2C(=O)c1ccc(OC[C@@H]2CN(C)c3cc(F)ccc3O2)cc1. The van der Waals surface area contributed by atoms with Gasteiger partial charge in [0, 0.05) is 29.8 Å². The molecule has 8 heteroatoms. The number of carbonyl (C=O) groups excluding carboxylic acids is 1. The summed E-state index contributed by atoms with van der Waals surface area (Å²) >= 11 is 0. The van der Waals surface area contributed by atoms with Crippen LogP contribution in [0.1, 0.15) is 27.2 Å². The molecule has 5 rings (SSSR count). The Morgan fingerprint density at radius 3 is 2.57 bits per heavy atom. The topological polar surface area (TPSA) is 81.0 Å². The molecule has 0 fully saturated rings. The number of carboxylic acid groups (broad SMARTS) is 1. The number of aliphatic carboxylic acids is 1. The molecule has 0 saturated heterocycles. The summed E-state index contributed by atoms with van der Waals surface area (Å²) in [6, 6.07) is 17.0. The van der Waals surface area contributed by atoms with Crippen LogP contribution in [0.5, 0.6) is 11.5 Å². The minimum absolute atomic E-state index is 0.156. The Morgan fingerprint density at radius 1 is 1.08 bits per heavy atom. The maximum absolute atomic E-state index is 13.5. The first-order chi connectivity index (χ1) is 17.7. The summed E-state index contributed by atoms with van der Waals surface area (Å²) in [5.74, 6) is -0.299. The third-order valence-corrected chi connectivity index (χ3v) is 6.66.